The molecule has 13 nitrogen and oxygen atoms in total. The van der Waals surface area contributed by atoms with Crippen molar-refractivity contribution in [1.82, 2.24) is 25.9 Å². The molecule has 0 aliphatic carbocycles. The Balaban J connectivity index is 2.85. The zero-order valence-electron chi connectivity index (χ0n) is 17.5. The van der Waals surface area contributed by atoms with Crippen molar-refractivity contribution in [2.24, 2.45) is 17.4 Å². The fourth-order valence-electron chi connectivity index (χ4n) is 2.57. The molecule has 13 heteroatoms. The number of H-pyrrole nitrogens is 1. The van der Waals surface area contributed by atoms with Crippen LogP contribution in [0.25, 0.3) is 0 Å². The fourth-order valence-corrected chi connectivity index (χ4v) is 2.57. The van der Waals surface area contributed by atoms with Gasteiger partial charge in [-0.05, 0) is 12.8 Å². The summed E-state index contributed by atoms with van der Waals surface area (Å²) >= 11 is 0. The number of imidazole rings is 1. The minimum atomic E-state index is -1.41. The molecule has 172 valence electrons. The van der Waals surface area contributed by atoms with E-state index in [1.165, 1.54) is 19.4 Å². The van der Waals surface area contributed by atoms with Crippen LogP contribution in [0.2, 0.25) is 0 Å². The number of hydrogen-bond donors (Lipinski definition) is 7. The van der Waals surface area contributed by atoms with E-state index in [-0.39, 0.29) is 6.42 Å². The second kappa shape index (κ2) is 11.6. The second-order valence-corrected chi connectivity index (χ2v) is 7.42. The van der Waals surface area contributed by atoms with E-state index in [0.29, 0.717) is 5.69 Å². The highest BCUT2D eigenvalue weighted by Gasteiger charge is 2.31. The van der Waals surface area contributed by atoms with Crippen molar-refractivity contribution >= 4 is 29.6 Å². The summed E-state index contributed by atoms with van der Waals surface area (Å²) in [7, 11) is 0. The van der Waals surface area contributed by atoms with Crippen LogP contribution in [-0.2, 0) is 30.4 Å². The second-order valence-electron chi connectivity index (χ2n) is 7.42. The number of nitrogens with zero attached hydrogens (tertiary/aromatic N) is 1. The summed E-state index contributed by atoms with van der Waals surface area (Å²) in [5.41, 5.74) is 11.7. The van der Waals surface area contributed by atoms with Crippen LogP contribution in [0.3, 0.4) is 0 Å². The van der Waals surface area contributed by atoms with Gasteiger partial charge < -0.3 is 37.5 Å². The predicted molar refractivity (Wildman–Crippen MR) is 108 cm³/mol. The first-order chi connectivity index (χ1) is 14.4. The fraction of sp³-hybridized carbons (Fsp3) is 0.556. The van der Waals surface area contributed by atoms with E-state index in [9.17, 15) is 24.0 Å². The lowest BCUT2D eigenvalue weighted by Gasteiger charge is -2.26. The molecule has 0 aromatic carbocycles. The Morgan fingerprint density at radius 3 is 2.19 bits per heavy atom. The average Bonchev–Trinajstić information content (AvgIpc) is 3.17. The van der Waals surface area contributed by atoms with E-state index < -0.39 is 66.1 Å². The zero-order chi connectivity index (χ0) is 23.7. The van der Waals surface area contributed by atoms with Gasteiger partial charge in [-0.3, -0.25) is 24.0 Å². The highest BCUT2D eigenvalue weighted by molar-refractivity contribution is 5.96. The number of nitrogens with two attached hydrogens (primary N) is 2. The molecule has 0 radical (unpaired) electrons. The topological polar surface area (TPSA) is 222 Å². The molecule has 0 aliphatic rings. The summed E-state index contributed by atoms with van der Waals surface area (Å²) in [5.74, 6) is -4.81. The Hall–Kier alpha value is -3.48. The third-order valence-electron chi connectivity index (χ3n) is 4.35. The first-order valence-electron chi connectivity index (χ1n) is 9.57. The number of aromatic nitrogens is 2. The third kappa shape index (κ3) is 8.42. The molecule has 9 N–H and O–H groups in total. The Morgan fingerprint density at radius 2 is 1.71 bits per heavy atom. The van der Waals surface area contributed by atoms with Gasteiger partial charge >= 0.3 is 5.97 Å². The van der Waals surface area contributed by atoms with Gasteiger partial charge in [0, 0.05) is 18.3 Å². The van der Waals surface area contributed by atoms with Crippen LogP contribution in [0.5, 0.6) is 0 Å². The molecule has 4 amide bonds. The smallest absolute Gasteiger partial charge is 0.325 e. The molecule has 0 spiro atoms. The number of nitrogens with one attached hydrogen (secondary N) is 4. The van der Waals surface area contributed by atoms with Gasteiger partial charge in [0.2, 0.25) is 23.6 Å². The summed E-state index contributed by atoms with van der Waals surface area (Å²) in [6.45, 7) is 4.56. The van der Waals surface area contributed by atoms with E-state index in [1.807, 2.05) is 0 Å². The Bertz CT molecular complexity index is 795. The van der Waals surface area contributed by atoms with Crippen LogP contribution < -0.4 is 27.4 Å². The maximum Gasteiger partial charge on any atom is 0.325 e. The van der Waals surface area contributed by atoms with Gasteiger partial charge in [0.05, 0.1) is 18.8 Å². The van der Waals surface area contributed by atoms with Crippen LogP contribution in [0.1, 0.15) is 32.9 Å². The first kappa shape index (κ1) is 25.6. The summed E-state index contributed by atoms with van der Waals surface area (Å²) in [5, 5.41) is 16.0. The maximum atomic E-state index is 12.7. The number of carbonyl (C=O) groups excluding carboxylic acids is 4. The van der Waals surface area contributed by atoms with Crippen molar-refractivity contribution in [3.05, 3.63) is 18.2 Å². The SMILES string of the molecule is CC(NC(=O)C(CC(N)=O)NC(=O)C(NC(=O)C(N)Cc1cnc[nH]1)C(C)C)C(=O)O. The Kier molecular flexibility index (Phi) is 9.60. The molecule has 1 aromatic heterocycles. The molecule has 1 heterocycles. The van der Waals surface area contributed by atoms with Crippen molar-refractivity contribution in [1.29, 1.82) is 0 Å². The molecule has 0 bridgehead atoms. The van der Waals surface area contributed by atoms with Gasteiger partial charge in [-0.25, -0.2) is 4.98 Å². The van der Waals surface area contributed by atoms with Crippen molar-refractivity contribution in [3.63, 3.8) is 0 Å². The standard InChI is InChI=1S/C18H29N7O6/c1-8(2)14(25-15(27)11(19)4-10-6-21-7-22-10)17(29)24-12(5-13(20)26)16(28)23-9(3)18(30)31/h6-9,11-12,14H,4-5,19H2,1-3H3,(H2,20,26)(H,21,22)(H,23,28)(H,24,29)(H,25,27)(H,30,31). The molecule has 1 rings (SSSR count). The van der Waals surface area contributed by atoms with Crippen molar-refractivity contribution in [3.8, 4) is 0 Å². The number of amides is 4. The number of rotatable bonds is 12. The number of aliphatic carboxylic acids is 1. The van der Waals surface area contributed by atoms with Crippen LogP contribution in [0, 0.1) is 5.92 Å². The van der Waals surface area contributed by atoms with Gasteiger partial charge in [0.1, 0.15) is 18.1 Å². The third-order valence-corrected chi connectivity index (χ3v) is 4.35. The van der Waals surface area contributed by atoms with Gasteiger partial charge in [-0.1, -0.05) is 13.8 Å². The highest BCUT2D eigenvalue weighted by atomic mass is 16.4. The monoisotopic (exact) mass is 439 g/mol. The number of carbonyl (C=O) groups is 5. The number of carboxylic acid groups (broad SMARTS) is 1. The van der Waals surface area contributed by atoms with Gasteiger partial charge in [0.15, 0.2) is 0 Å². The average molecular weight is 439 g/mol. The van der Waals surface area contributed by atoms with Gasteiger partial charge in [-0.15, -0.1) is 0 Å². The molecule has 1 aromatic rings. The van der Waals surface area contributed by atoms with Crippen molar-refractivity contribution < 1.29 is 29.1 Å². The lowest BCUT2D eigenvalue weighted by Crippen LogP contribution is -2.58. The Labute approximate surface area is 178 Å². The molecule has 31 heavy (non-hydrogen) atoms. The summed E-state index contributed by atoms with van der Waals surface area (Å²) in [6, 6.07) is -4.69. The number of primary amides is 1. The minimum absolute atomic E-state index is 0.165. The predicted octanol–water partition coefficient (Wildman–Crippen LogP) is -2.63. The maximum absolute atomic E-state index is 12.7. The molecule has 0 saturated carbocycles. The number of aromatic amines is 1. The molecule has 0 fully saturated rings. The largest absolute Gasteiger partial charge is 0.480 e. The van der Waals surface area contributed by atoms with Gasteiger partial charge in [-0.2, -0.15) is 0 Å². The molecule has 0 aliphatic heterocycles. The van der Waals surface area contributed by atoms with Gasteiger partial charge in [0.25, 0.3) is 0 Å². The minimum Gasteiger partial charge on any atom is -0.480 e. The highest BCUT2D eigenvalue weighted by Crippen LogP contribution is 2.06. The summed E-state index contributed by atoms with van der Waals surface area (Å²) in [6.07, 6.45) is 2.57. The van der Waals surface area contributed by atoms with Crippen LogP contribution in [0.15, 0.2) is 12.5 Å². The first-order valence-corrected chi connectivity index (χ1v) is 9.57. The van der Waals surface area contributed by atoms with Crippen molar-refractivity contribution in [2.75, 3.05) is 0 Å². The summed E-state index contributed by atoms with van der Waals surface area (Å²) in [4.78, 5) is 66.4. The molecular formula is C18H29N7O6. The molecule has 4 unspecified atom stereocenters. The molecular weight excluding hydrogens is 410 g/mol. The van der Waals surface area contributed by atoms with E-state index in [2.05, 4.69) is 25.9 Å². The molecule has 4 atom stereocenters. The summed E-state index contributed by atoms with van der Waals surface area (Å²) < 4.78 is 0. The zero-order valence-corrected chi connectivity index (χ0v) is 17.5. The Morgan fingerprint density at radius 1 is 1.06 bits per heavy atom. The van der Waals surface area contributed by atoms with Crippen LogP contribution in [-0.4, -0.2) is 68.8 Å². The normalized spacial score (nSPS) is 14.7. The number of hydrogen-bond acceptors (Lipinski definition) is 7. The van der Waals surface area contributed by atoms with E-state index in [1.54, 1.807) is 13.8 Å². The van der Waals surface area contributed by atoms with Crippen molar-refractivity contribution in [2.45, 2.75) is 57.8 Å². The lowest BCUT2D eigenvalue weighted by molar-refractivity contribution is -0.142. The lowest BCUT2D eigenvalue weighted by atomic mass is 10.0. The number of carboxylic acids is 1. The van der Waals surface area contributed by atoms with E-state index in [0.717, 1.165) is 0 Å². The van der Waals surface area contributed by atoms with E-state index in [4.69, 9.17) is 16.6 Å². The molecule has 0 saturated heterocycles. The quantitative estimate of drug-likeness (QED) is 0.182. The van der Waals surface area contributed by atoms with E-state index >= 15 is 0 Å². The van der Waals surface area contributed by atoms with Crippen LogP contribution >= 0.6 is 0 Å². The van der Waals surface area contributed by atoms with Crippen LogP contribution in [0.4, 0.5) is 0 Å².